The average molecular weight is 467 g/mol. The number of hydrogen-bond acceptors (Lipinski definition) is 3. The number of aryl methyl sites for hydroxylation is 1. The van der Waals surface area contributed by atoms with E-state index in [0.29, 0.717) is 5.75 Å². The number of carboxylic acid groups (broad SMARTS) is 1. The van der Waals surface area contributed by atoms with Gasteiger partial charge in [-0.05, 0) is 59.0 Å². The molecule has 34 heavy (non-hydrogen) atoms. The third-order valence-corrected chi connectivity index (χ3v) is 6.33. The molecule has 0 fully saturated rings. The van der Waals surface area contributed by atoms with Crippen LogP contribution in [0.3, 0.4) is 0 Å². The van der Waals surface area contributed by atoms with Gasteiger partial charge >= 0.3 is 5.97 Å². The third-order valence-electron chi connectivity index (χ3n) is 5.39. The fraction of sp³-hybridized carbons (Fsp3) is 0.100. The Labute approximate surface area is 204 Å². The number of carboxylic acids is 1. The van der Waals surface area contributed by atoms with Gasteiger partial charge in [0.25, 0.3) is 0 Å². The van der Waals surface area contributed by atoms with E-state index in [1.54, 1.807) is 23.9 Å². The van der Waals surface area contributed by atoms with E-state index >= 15 is 0 Å². The fourth-order valence-corrected chi connectivity index (χ4v) is 4.38. The Balaban J connectivity index is 1.52. The van der Waals surface area contributed by atoms with Crippen molar-refractivity contribution in [1.29, 1.82) is 0 Å². The standard InChI is InChI=1S/C30H26O3S/c1-22-7-9-25(10-8-22)29(26-13-11-24(12-14-26)23-5-3-2-4-6-23)19-20-34-28-17-15-27(16-18-28)33-21-30(31)32/h2-19H,20-21H2,1H3,(H,31,32)/b29-19-. The minimum atomic E-state index is -0.982. The van der Waals surface area contributed by atoms with E-state index in [9.17, 15) is 4.79 Å². The zero-order valence-corrected chi connectivity index (χ0v) is 19.8. The molecule has 0 aliphatic carbocycles. The van der Waals surface area contributed by atoms with Gasteiger partial charge < -0.3 is 9.84 Å². The molecule has 0 aliphatic rings. The van der Waals surface area contributed by atoms with Crippen molar-refractivity contribution in [3.05, 3.63) is 126 Å². The molecule has 1 N–H and O–H groups in total. The van der Waals surface area contributed by atoms with Crippen molar-refractivity contribution >= 4 is 23.3 Å². The Morgan fingerprint density at radius 2 is 1.38 bits per heavy atom. The topological polar surface area (TPSA) is 46.5 Å². The summed E-state index contributed by atoms with van der Waals surface area (Å²) >= 11 is 1.73. The number of rotatable bonds is 9. The summed E-state index contributed by atoms with van der Waals surface area (Å²) in [6.45, 7) is 1.76. The summed E-state index contributed by atoms with van der Waals surface area (Å²) in [5.41, 5.74) is 7.22. The zero-order chi connectivity index (χ0) is 23.8. The maximum Gasteiger partial charge on any atom is 0.341 e. The van der Waals surface area contributed by atoms with Crippen LogP contribution in [0.2, 0.25) is 0 Å². The monoisotopic (exact) mass is 466 g/mol. The molecular formula is C30H26O3S. The molecule has 0 bridgehead atoms. The van der Waals surface area contributed by atoms with Crippen LogP contribution in [0.1, 0.15) is 16.7 Å². The predicted molar refractivity (Wildman–Crippen MR) is 140 cm³/mol. The Hall–Kier alpha value is -3.76. The molecule has 0 heterocycles. The van der Waals surface area contributed by atoms with Crippen molar-refractivity contribution < 1.29 is 14.6 Å². The maximum atomic E-state index is 10.7. The number of aliphatic carboxylic acids is 1. The number of carbonyl (C=O) groups is 1. The zero-order valence-electron chi connectivity index (χ0n) is 19.0. The van der Waals surface area contributed by atoms with Crippen LogP contribution in [0.5, 0.6) is 5.75 Å². The maximum absolute atomic E-state index is 10.7. The molecule has 0 aliphatic heterocycles. The molecule has 0 saturated carbocycles. The van der Waals surface area contributed by atoms with Gasteiger partial charge in [-0.1, -0.05) is 90.5 Å². The smallest absolute Gasteiger partial charge is 0.341 e. The van der Waals surface area contributed by atoms with Crippen LogP contribution in [-0.2, 0) is 4.79 Å². The van der Waals surface area contributed by atoms with Crippen molar-refractivity contribution in [2.75, 3.05) is 12.4 Å². The van der Waals surface area contributed by atoms with Crippen LogP contribution in [0.4, 0.5) is 0 Å². The molecular weight excluding hydrogens is 440 g/mol. The van der Waals surface area contributed by atoms with E-state index in [0.717, 1.165) is 10.6 Å². The molecule has 0 atom stereocenters. The average Bonchev–Trinajstić information content (AvgIpc) is 2.87. The summed E-state index contributed by atoms with van der Waals surface area (Å²) in [4.78, 5) is 11.8. The summed E-state index contributed by atoms with van der Waals surface area (Å²) in [7, 11) is 0. The minimum absolute atomic E-state index is 0.335. The van der Waals surface area contributed by atoms with Gasteiger partial charge in [-0.3, -0.25) is 0 Å². The molecule has 0 unspecified atom stereocenters. The molecule has 0 aromatic heterocycles. The molecule has 0 saturated heterocycles. The second-order valence-corrected chi connectivity index (χ2v) is 8.99. The van der Waals surface area contributed by atoms with E-state index < -0.39 is 5.97 Å². The van der Waals surface area contributed by atoms with Gasteiger partial charge in [0.15, 0.2) is 6.61 Å². The molecule has 3 nitrogen and oxygen atoms in total. The summed E-state index contributed by atoms with van der Waals surface area (Å²) < 4.78 is 5.21. The van der Waals surface area contributed by atoms with Crippen LogP contribution in [0.15, 0.2) is 114 Å². The highest BCUT2D eigenvalue weighted by molar-refractivity contribution is 7.99. The lowest BCUT2D eigenvalue weighted by Gasteiger charge is -2.11. The van der Waals surface area contributed by atoms with Crippen LogP contribution in [-0.4, -0.2) is 23.4 Å². The second kappa shape index (κ2) is 11.4. The van der Waals surface area contributed by atoms with E-state index in [2.05, 4.69) is 85.8 Å². The molecule has 4 aromatic carbocycles. The number of thioether (sulfide) groups is 1. The van der Waals surface area contributed by atoms with Crippen molar-refractivity contribution in [2.45, 2.75) is 11.8 Å². The molecule has 0 spiro atoms. The van der Waals surface area contributed by atoms with Crippen LogP contribution in [0.25, 0.3) is 16.7 Å². The van der Waals surface area contributed by atoms with E-state index in [1.807, 2.05) is 18.2 Å². The highest BCUT2D eigenvalue weighted by atomic mass is 32.2. The number of hydrogen-bond donors (Lipinski definition) is 1. The summed E-state index contributed by atoms with van der Waals surface area (Å²) in [6, 6.07) is 35.3. The number of ether oxygens (including phenoxy) is 1. The van der Waals surface area contributed by atoms with Gasteiger partial charge in [-0.15, -0.1) is 11.8 Å². The van der Waals surface area contributed by atoms with E-state index in [1.165, 1.54) is 33.4 Å². The first-order valence-corrected chi connectivity index (χ1v) is 12.1. The largest absolute Gasteiger partial charge is 0.482 e. The van der Waals surface area contributed by atoms with Crippen molar-refractivity contribution in [3.63, 3.8) is 0 Å². The quantitative estimate of drug-likeness (QED) is 0.262. The van der Waals surface area contributed by atoms with Gasteiger partial charge in [0.2, 0.25) is 0 Å². The first-order valence-electron chi connectivity index (χ1n) is 11.1. The first-order chi connectivity index (χ1) is 16.6. The van der Waals surface area contributed by atoms with Crippen molar-refractivity contribution in [2.24, 2.45) is 0 Å². The highest BCUT2D eigenvalue weighted by Gasteiger charge is 2.07. The summed E-state index contributed by atoms with van der Waals surface area (Å²) in [5, 5.41) is 8.74. The van der Waals surface area contributed by atoms with Crippen LogP contribution in [0, 0.1) is 6.92 Å². The van der Waals surface area contributed by atoms with Gasteiger partial charge in [-0.2, -0.15) is 0 Å². The normalized spacial score (nSPS) is 11.3. The first kappa shape index (κ1) is 23.4. The minimum Gasteiger partial charge on any atom is -0.482 e. The lowest BCUT2D eigenvalue weighted by atomic mass is 9.95. The van der Waals surface area contributed by atoms with Crippen LogP contribution >= 0.6 is 11.8 Å². The fourth-order valence-electron chi connectivity index (χ4n) is 3.61. The summed E-state index contributed by atoms with van der Waals surface area (Å²) in [5.74, 6) is 0.379. The van der Waals surface area contributed by atoms with Gasteiger partial charge in [0, 0.05) is 10.6 Å². The predicted octanol–water partition coefficient (Wildman–Crippen LogP) is 7.35. The summed E-state index contributed by atoms with van der Waals surface area (Å²) in [6.07, 6.45) is 2.27. The van der Waals surface area contributed by atoms with Gasteiger partial charge in [0.05, 0.1) is 0 Å². The molecule has 0 radical (unpaired) electrons. The van der Waals surface area contributed by atoms with Crippen molar-refractivity contribution in [1.82, 2.24) is 0 Å². The molecule has 0 amide bonds. The lowest BCUT2D eigenvalue weighted by molar-refractivity contribution is -0.139. The number of benzene rings is 4. The molecule has 4 rings (SSSR count). The SMILES string of the molecule is Cc1ccc(/C(=C/CSc2ccc(OCC(=O)O)cc2)c2ccc(-c3ccccc3)cc2)cc1. The Morgan fingerprint density at radius 3 is 2.00 bits per heavy atom. The van der Waals surface area contributed by atoms with E-state index in [4.69, 9.17) is 9.84 Å². The van der Waals surface area contributed by atoms with Crippen molar-refractivity contribution in [3.8, 4) is 16.9 Å². The lowest BCUT2D eigenvalue weighted by Crippen LogP contribution is -2.09. The second-order valence-electron chi connectivity index (χ2n) is 7.89. The van der Waals surface area contributed by atoms with Gasteiger partial charge in [-0.25, -0.2) is 4.79 Å². The molecule has 4 aromatic rings. The van der Waals surface area contributed by atoms with Gasteiger partial charge in [0.1, 0.15) is 5.75 Å². The Bertz CT molecular complexity index is 1240. The molecule has 4 heteroatoms. The highest BCUT2D eigenvalue weighted by Crippen LogP contribution is 2.29. The van der Waals surface area contributed by atoms with E-state index in [-0.39, 0.29) is 6.61 Å². The third kappa shape index (κ3) is 6.40. The Morgan fingerprint density at radius 1 is 0.794 bits per heavy atom. The Kier molecular flexibility index (Phi) is 7.84. The molecule has 170 valence electrons. The van der Waals surface area contributed by atoms with Crippen LogP contribution < -0.4 is 4.74 Å².